The Balaban J connectivity index is 2.18. The van der Waals surface area contributed by atoms with Crippen molar-refractivity contribution in [2.24, 2.45) is 0 Å². The standard InChI is InChI=1S/C8H12N2O2S/c11-4-1-3-9-8(12)10-7-2-5-13-6-7/h2,5-6,11H,1,3-4H2,(H2,9,10,12). The first-order valence-electron chi connectivity index (χ1n) is 4.01. The van der Waals surface area contributed by atoms with Crippen LogP contribution in [0.15, 0.2) is 16.8 Å². The van der Waals surface area contributed by atoms with Gasteiger partial charge in [0.05, 0.1) is 5.69 Å². The van der Waals surface area contributed by atoms with Gasteiger partial charge in [0.1, 0.15) is 0 Å². The van der Waals surface area contributed by atoms with Crippen LogP contribution < -0.4 is 10.6 Å². The van der Waals surface area contributed by atoms with E-state index in [1.807, 2.05) is 16.8 Å². The van der Waals surface area contributed by atoms with Crippen molar-refractivity contribution >= 4 is 23.1 Å². The number of aliphatic hydroxyl groups excluding tert-OH is 1. The Morgan fingerprint density at radius 2 is 2.46 bits per heavy atom. The molecule has 5 heteroatoms. The molecule has 0 saturated carbocycles. The highest BCUT2D eigenvalue weighted by Crippen LogP contribution is 2.10. The molecule has 13 heavy (non-hydrogen) atoms. The van der Waals surface area contributed by atoms with Gasteiger partial charge in [-0.05, 0) is 17.9 Å². The molecule has 0 saturated heterocycles. The zero-order valence-electron chi connectivity index (χ0n) is 7.12. The zero-order valence-corrected chi connectivity index (χ0v) is 7.93. The molecule has 0 aliphatic carbocycles. The number of rotatable bonds is 4. The molecule has 4 nitrogen and oxygen atoms in total. The second-order valence-electron chi connectivity index (χ2n) is 2.47. The number of carbonyl (C=O) groups is 1. The number of anilines is 1. The number of nitrogens with one attached hydrogen (secondary N) is 2. The molecule has 1 aromatic heterocycles. The summed E-state index contributed by atoms with van der Waals surface area (Å²) >= 11 is 1.53. The van der Waals surface area contributed by atoms with E-state index in [4.69, 9.17) is 5.11 Å². The second-order valence-corrected chi connectivity index (χ2v) is 3.25. The van der Waals surface area contributed by atoms with E-state index in [0.29, 0.717) is 13.0 Å². The topological polar surface area (TPSA) is 61.4 Å². The van der Waals surface area contributed by atoms with Crippen LogP contribution in [0.5, 0.6) is 0 Å². The van der Waals surface area contributed by atoms with Gasteiger partial charge in [-0.15, -0.1) is 0 Å². The van der Waals surface area contributed by atoms with E-state index in [1.165, 1.54) is 11.3 Å². The Kier molecular flexibility index (Phi) is 4.28. The Bertz CT molecular complexity index is 249. The summed E-state index contributed by atoms with van der Waals surface area (Å²) < 4.78 is 0. The summed E-state index contributed by atoms with van der Waals surface area (Å²) in [6.07, 6.45) is 0.580. The number of hydrogen-bond acceptors (Lipinski definition) is 3. The van der Waals surface area contributed by atoms with Crippen molar-refractivity contribution in [2.75, 3.05) is 18.5 Å². The van der Waals surface area contributed by atoms with Crippen molar-refractivity contribution in [3.63, 3.8) is 0 Å². The minimum atomic E-state index is -0.230. The normalized spacial score (nSPS) is 9.62. The molecule has 1 aromatic rings. The van der Waals surface area contributed by atoms with Crippen LogP contribution in [0, 0.1) is 0 Å². The minimum absolute atomic E-state index is 0.0960. The van der Waals surface area contributed by atoms with Crippen LogP contribution in [0.25, 0.3) is 0 Å². The predicted molar refractivity (Wildman–Crippen MR) is 53.0 cm³/mol. The van der Waals surface area contributed by atoms with Gasteiger partial charge in [0, 0.05) is 18.5 Å². The highest BCUT2D eigenvalue weighted by molar-refractivity contribution is 7.08. The summed E-state index contributed by atoms with van der Waals surface area (Å²) in [6, 6.07) is 1.60. The molecule has 0 aliphatic heterocycles. The van der Waals surface area contributed by atoms with Gasteiger partial charge in [-0.1, -0.05) is 0 Å². The highest BCUT2D eigenvalue weighted by atomic mass is 32.1. The number of amides is 2. The maximum absolute atomic E-state index is 11.1. The van der Waals surface area contributed by atoms with Crippen molar-refractivity contribution in [3.05, 3.63) is 16.8 Å². The van der Waals surface area contributed by atoms with Gasteiger partial charge < -0.3 is 15.7 Å². The van der Waals surface area contributed by atoms with E-state index in [-0.39, 0.29) is 12.6 Å². The van der Waals surface area contributed by atoms with Gasteiger partial charge in [0.2, 0.25) is 0 Å². The summed E-state index contributed by atoms with van der Waals surface area (Å²) in [7, 11) is 0. The second kappa shape index (κ2) is 5.55. The minimum Gasteiger partial charge on any atom is -0.396 e. The summed E-state index contributed by atoms with van der Waals surface area (Å²) in [6.45, 7) is 0.588. The molecule has 0 aromatic carbocycles. The third-order valence-corrected chi connectivity index (χ3v) is 2.08. The quantitative estimate of drug-likeness (QED) is 0.641. The Labute approximate surface area is 80.6 Å². The van der Waals surface area contributed by atoms with Crippen molar-refractivity contribution in [3.8, 4) is 0 Å². The van der Waals surface area contributed by atoms with Crippen LogP contribution in [0.1, 0.15) is 6.42 Å². The number of aliphatic hydroxyl groups is 1. The van der Waals surface area contributed by atoms with Gasteiger partial charge >= 0.3 is 6.03 Å². The fourth-order valence-corrected chi connectivity index (χ4v) is 1.38. The van der Waals surface area contributed by atoms with E-state index in [2.05, 4.69) is 10.6 Å². The molecule has 0 fully saturated rings. The van der Waals surface area contributed by atoms with Crippen LogP contribution in [0.2, 0.25) is 0 Å². The Hall–Kier alpha value is -1.07. The third-order valence-electron chi connectivity index (χ3n) is 1.40. The lowest BCUT2D eigenvalue weighted by molar-refractivity contribution is 0.249. The summed E-state index contributed by atoms with van der Waals surface area (Å²) in [4.78, 5) is 11.1. The van der Waals surface area contributed by atoms with Gasteiger partial charge in [0.15, 0.2) is 0 Å². The molecule has 1 rings (SSSR count). The van der Waals surface area contributed by atoms with Crippen molar-refractivity contribution in [1.29, 1.82) is 0 Å². The van der Waals surface area contributed by atoms with Crippen molar-refractivity contribution in [1.82, 2.24) is 5.32 Å². The van der Waals surface area contributed by atoms with Crippen molar-refractivity contribution in [2.45, 2.75) is 6.42 Å². The molecule has 0 spiro atoms. The lowest BCUT2D eigenvalue weighted by atomic mass is 10.4. The van der Waals surface area contributed by atoms with E-state index in [1.54, 1.807) is 0 Å². The molecule has 0 radical (unpaired) electrons. The lowest BCUT2D eigenvalue weighted by Gasteiger charge is -2.04. The molecular formula is C8H12N2O2S. The first-order valence-corrected chi connectivity index (χ1v) is 4.95. The summed E-state index contributed by atoms with van der Waals surface area (Å²) in [5, 5.41) is 17.5. The third kappa shape index (κ3) is 3.91. The molecule has 3 N–H and O–H groups in total. The molecule has 0 aliphatic rings. The number of carbonyl (C=O) groups excluding carboxylic acids is 1. The summed E-state index contributed by atoms with van der Waals surface area (Å²) in [5.41, 5.74) is 0.798. The molecular weight excluding hydrogens is 188 g/mol. The van der Waals surface area contributed by atoms with Crippen molar-refractivity contribution < 1.29 is 9.90 Å². The average molecular weight is 200 g/mol. The smallest absolute Gasteiger partial charge is 0.319 e. The molecule has 0 unspecified atom stereocenters. The first kappa shape index (κ1) is 10.0. The van der Waals surface area contributed by atoms with Gasteiger partial charge in [0.25, 0.3) is 0 Å². The van der Waals surface area contributed by atoms with Crippen LogP contribution in [-0.2, 0) is 0 Å². The molecule has 72 valence electrons. The Morgan fingerprint density at radius 3 is 3.08 bits per heavy atom. The fourth-order valence-electron chi connectivity index (χ4n) is 0.792. The molecule has 2 amide bonds. The van der Waals surface area contributed by atoms with Crippen LogP contribution in [0.3, 0.4) is 0 Å². The molecule has 1 heterocycles. The number of urea groups is 1. The van der Waals surface area contributed by atoms with Gasteiger partial charge in [-0.2, -0.15) is 11.3 Å². The maximum Gasteiger partial charge on any atom is 0.319 e. The predicted octanol–water partition coefficient (Wildman–Crippen LogP) is 1.25. The van der Waals surface area contributed by atoms with Crippen LogP contribution in [0.4, 0.5) is 10.5 Å². The van der Waals surface area contributed by atoms with E-state index < -0.39 is 0 Å². The van der Waals surface area contributed by atoms with E-state index in [0.717, 1.165) is 5.69 Å². The monoisotopic (exact) mass is 200 g/mol. The van der Waals surface area contributed by atoms with Crippen LogP contribution in [-0.4, -0.2) is 24.3 Å². The zero-order chi connectivity index (χ0) is 9.52. The lowest BCUT2D eigenvalue weighted by Crippen LogP contribution is -2.29. The van der Waals surface area contributed by atoms with E-state index in [9.17, 15) is 4.79 Å². The molecule has 0 bridgehead atoms. The average Bonchev–Trinajstić information content (AvgIpc) is 2.57. The summed E-state index contributed by atoms with van der Waals surface area (Å²) in [5.74, 6) is 0. The van der Waals surface area contributed by atoms with Gasteiger partial charge in [-0.25, -0.2) is 4.79 Å². The van der Waals surface area contributed by atoms with Crippen LogP contribution >= 0.6 is 11.3 Å². The largest absolute Gasteiger partial charge is 0.396 e. The highest BCUT2D eigenvalue weighted by Gasteiger charge is 1.99. The Morgan fingerprint density at radius 1 is 1.62 bits per heavy atom. The van der Waals surface area contributed by atoms with E-state index >= 15 is 0 Å². The number of thiophene rings is 1. The van der Waals surface area contributed by atoms with Gasteiger partial charge in [-0.3, -0.25) is 0 Å². The fraction of sp³-hybridized carbons (Fsp3) is 0.375. The first-order chi connectivity index (χ1) is 6.33. The number of hydrogen-bond donors (Lipinski definition) is 3. The maximum atomic E-state index is 11.1. The molecule has 0 atom stereocenters. The SMILES string of the molecule is O=C(NCCCO)Nc1ccsc1.